The van der Waals surface area contributed by atoms with Crippen LogP contribution in [-0.4, -0.2) is 16.8 Å². The summed E-state index contributed by atoms with van der Waals surface area (Å²) in [7, 11) is 0. The van der Waals surface area contributed by atoms with Gasteiger partial charge in [0.1, 0.15) is 5.82 Å². The molecule has 0 aliphatic carbocycles. The smallest absolute Gasteiger partial charge is 0.249 e. The van der Waals surface area contributed by atoms with E-state index in [9.17, 15) is 9.59 Å². The van der Waals surface area contributed by atoms with E-state index in [4.69, 9.17) is 23.1 Å². The lowest BCUT2D eigenvalue weighted by Crippen LogP contribution is -2.24. The number of rotatable bonds is 6. The van der Waals surface area contributed by atoms with Crippen molar-refractivity contribution in [2.75, 3.05) is 5.73 Å². The molecule has 0 saturated carbocycles. The van der Waals surface area contributed by atoms with Crippen molar-refractivity contribution in [2.45, 2.75) is 13.0 Å². The van der Waals surface area contributed by atoms with Gasteiger partial charge < -0.3 is 16.8 Å². The molecular weight excluding hydrogens is 316 g/mol. The van der Waals surface area contributed by atoms with Gasteiger partial charge in [-0.3, -0.25) is 9.59 Å². The first-order valence-electron chi connectivity index (χ1n) is 6.85. The molecule has 0 aliphatic heterocycles. The van der Waals surface area contributed by atoms with E-state index >= 15 is 0 Å². The minimum absolute atomic E-state index is 0.257. The minimum atomic E-state index is -0.579. The first kappa shape index (κ1) is 16.8. The Balaban J connectivity index is 1.89. The maximum absolute atomic E-state index is 11.9. The summed E-state index contributed by atoms with van der Waals surface area (Å²) in [5, 5.41) is 3.15. The molecule has 2 aromatic rings. The molecule has 6 nitrogen and oxygen atoms in total. The molecule has 0 spiro atoms. The van der Waals surface area contributed by atoms with E-state index in [0.717, 1.165) is 5.56 Å². The normalized spacial score (nSPS) is 10.3. The number of amides is 2. The van der Waals surface area contributed by atoms with Crippen molar-refractivity contribution in [2.24, 2.45) is 5.73 Å². The molecule has 1 heterocycles. The van der Waals surface area contributed by atoms with E-state index in [2.05, 4.69) is 10.3 Å². The van der Waals surface area contributed by atoms with Crippen molar-refractivity contribution in [3.8, 4) is 0 Å². The molecule has 0 bridgehead atoms. The second kappa shape index (κ2) is 7.60. The van der Waals surface area contributed by atoms with Gasteiger partial charge >= 0.3 is 0 Å². The predicted molar refractivity (Wildman–Crippen MR) is 88.5 cm³/mol. The molecule has 1 aromatic carbocycles. The summed E-state index contributed by atoms with van der Waals surface area (Å²) >= 11 is 5.84. The number of benzene rings is 1. The van der Waals surface area contributed by atoms with Gasteiger partial charge in [-0.1, -0.05) is 23.7 Å². The number of carbonyl (C=O) groups is 2. The number of hydrogen-bond donors (Lipinski definition) is 3. The highest BCUT2D eigenvalue weighted by Gasteiger charge is 2.11. The molecule has 0 fully saturated rings. The van der Waals surface area contributed by atoms with Crippen LogP contribution in [0.3, 0.4) is 0 Å². The predicted octanol–water partition coefficient (Wildman–Crippen LogP) is 1.48. The van der Waals surface area contributed by atoms with Gasteiger partial charge in [0.25, 0.3) is 0 Å². The third kappa shape index (κ3) is 4.96. The molecule has 5 N–H and O–H groups in total. The lowest BCUT2D eigenvalue weighted by atomic mass is 10.0. The summed E-state index contributed by atoms with van der Waals surface area (Å²) < 4.78 is 0. The molecule has 0 saturated heterocycles. The van der Waals surface area contributed by atoms with Crippen molar-refractivity contribution >= 4 is 29.2 Å². The Morgan fingerprint density at radius 2 is 2.04 bits per heavy atom. The fourth-order valence-corrected chi connectivity index (χ4v) is 2.13. The van der Waals surface area contributed by atoms with Crippen LogP contribution in [-0.2, 0) is 17.8 Å². The van der Waals surface area contributed by atoms with Crippen LogP contribution in [0.5, 0.6) is 0 Å². The number of halogens is 1. The summed E-state index contributed by atoms with van der Waals surface area (Å²) in [5.74, 6) is -0.412. The second-order valence-corrected chi connectivity index (χ2v) is 5.32. The van der Waals surface area contributed by atoms with Crippen molar-refractivity contribution < 1.29 is 9.59 Å². The Morgan fingerprint density at radius 3 is 2.70 bits per heavy atom. The van der Waals surface area contributed by atoms with Crippen LogP contribution < -0.4 is 16.8 Å². The quantitative estimate of drug-likeness (QED) is 0.744. The zero-order valence-electron chi connectivity index (χ0n) is 12.3. The van der Waals surface area contributed by atoms with E-state index in [0.29, 0.717) is 28.5 Å². The number of nitrogens with one attached hydrogen (secondary N) is 1. The van der Waals surface area contributed by atoms with Crippen LogP contribution in [0.25, 0.3) is 0 Å². The summed E-state index contributed by atoms with van der Waals surface area (Å²) in [6.45, 7) is 0.339. The van der Waals surface area contributed by atoms with Crippen LogP contribution in [0, 0.1) is 6.42 Å². The number of aromatic nitrogens is 1. The summed E-state index contributed by atoms with van der Waals surface area (Å²) in [6, 6.07) is 8.27. The molecule has 2 rings (SSSR count). The van der Waals surface area contributed by atoms with Crippen LogP contribution in [0.1, 0.15) is 21.5 Å². The third-order valence-corrected chi connectivity index (χ3v) is 3.39. The highest BCUT2D eigenvalue weighted by atomic mass is 35.5. The van der Waals surface area contributed by atoms with E-state index in [1.54, 1.807) is 30.5 Å². The summed E-state index contributed by atoms with van der Waals surface area (Å²) in [5.41, 5.74) is 12.6. The average molecular weight is 332 g/mol. The largest absolute Gasteiger partial charge is 0.384 e. The summed E-state index contributed by atoms with van der Waals surface area (Å²) in [6.07, 6.45) is 3.32. The Labute approximate surface area is 138 Å². The Morgan fingerprint density at radius 1 is 1.26 bits per heavy atom. The molecular formula is C16H16ClN4O2. The van der Waals surface area contributed by atoms with Gasteiger partial charge in [-0.25, -0.2) is 4.98 Å². The topological polar surface area (TPSA) is 111 Å². The maximum atomic E-state index is 11.9. The zero-order chi connectivity index (χ0) is 16.8. The molecule has 7 heteroatoms. The van der Waals surface area contributed by atoms with Crippen LogP contribution >= 0.6 is 11.6 Å². The molecule has 0 atom stereocenters. The molecule has 0 unspecified atom stereocenters. The Bertz CT molecular complexity index is 717. The first-order chi connectivity index (χ1) is 11.0. The number of nitrogens with two attached hydrogens (primary N) is 2. The summed E-state index contributed by atoms with van der Waals surface area (Å²) in [4.78, 5) is 27.2. The molecule has 1 aromatic heterocycles. The number of nitrogen functional groups attached to an aromatic ring is 1. The van der Waals surface area contributed by atoms with Gasteiger partial charge in [0.15, 0.2) is 0 Å². The fourth-order valence-electron chi connectivity index (χ4n) is 1.96. The van der Waals surface area contributed by atoms with Crippen molar-refractivity contribution in [1.82, 2.24) is 10.3 Å². The van der Waals surface area contributed by atoms with Crippen molar-refractivity contribution in [1.29, 1.82) is 0 Å². The standard InChI is InChI=1S/C16H16ClN4O2/c17-12-4-2-11(13(7-12)16(19)23)3-6-15(22)21-9-10-1-5-14(18)20-8-10/h1-2,4-8H,3,9H2,(H2,18,20)(H2,19,23)(H,21,22). The van der Waals surface area contributed by atoms with Gasteiger partial charge in [-0.05, 0) is 35.7 Å². The Kier molecular flexibility index (Phi) is 5.54. The van der Waals surface area contributed by atoms with Gasteiger partial charge in [-0.15, -0.1) is 0 Å². The Hall–Kier alpha value is -2.60. The third-order valence-electron chi connectivity index (χ3n) is 3.16. The fraction of sp³-hybridized carbons (Fsp3) is 0.125. The highest BCUT2D eigenvalue weighted by molar-refractivity contribution is 6.31. The lowest BCUT2D eigenvalue weighted by molar-refractivity contribution is -0.118. The van der Waals surface area contributed by atoms with Gasteiger partial charge in [-0.2, -0.15) is 0 Å². The molecule has 119 valence electrons. The van der Waals surface area contributed by atoms with Crippen molar-refractivity contribution in [3.63, 3.8) is 0 Å². The molecule has 23 heavy (non-hydrogen) atoms. The highest BCUT2D eigenvalue weighted by Crippen LogP contribution is 2.17. The van der Waals surface area contributed by atoms with Crippen molar-refractivity contribution in [3.05, 3.63) is 64.7 Å². The number of anilines is 1. The van der Waals surface area contributed by atoms with Crippen LogP contribution in [0.2, 0.25) is 5.02 Å². The van der Waals surface area contributed by atoms with Gasteiger partial charge in [0, 0.05) is 23.3 Å². The monoisotopic (exact) mass is 331 g/mol. The minimum Gasteiger partial charge on any atom is -0.384 e. The lowest BCUT2D eigenvalue weighted by Gasteiger charge is -2.08. The van der Waals surface area contributed by atoms with Gasteiger partial charge in [0.2, 0.25) is 11.8 Å². The molecule has 1 radical (unpaired) electrons. The van der Waals surface area contributed by atoms with E-state index in [1.165, 1.54) is 12.5 Å². The number of nitrogens with zero attached hydrogens (tertiary/aromatic N) is 1. The number of pyridine rings is 1. The number of carbonyl (C=O) groups excluding carboxylic acids is 2. The molecule has 2 amide bonds. The van der Waals surface area contributed by atoms with Crippen LogP contribution in [0.15, 0.2) is 36.5 Å². The SMILES string of the molecule is NC(=O)c1cc(Cl)ccc1C[CH]C(=O)NCc1ccc(N)nc1. The van der Waals surface area contributed by atoms with E-state index in [-0.39, 0.29) is 12.3 Å². The second-order valence-electron chi connectivity index (χ2n) is 4.88. The average Bonchev–Trinajstić information content (AvgIpc) is 2.53. The maximum Gasteiger partial charge on any atom is 0.249 e. The van der Waals surface area contributed by atoms with E-state index < -0.39 is 5.91 Å². The number of primary amides is 1. The van der Waals surface area contributed by atoms with Gasteiger partial charge in [0.05, 0.1) is 6.42 Å². The number of hydrogen-bond acceptors (Lipinski definition) is 4. The molecule has 0 aliphatic rings. The zero-order valence-corrected chi connectivity index (χ0v) is 13.0. The first-order valence-corrected chi connectivity index (χ1v) is 7.23. The van der Waals surface area contributed by atoms with E-state index in [1.807, 2.05) is 0 Å². The van der Waals surface area contributed by atoms with Crippen LogP contribution in [0.4, 0.5) is 5.82 Å².